The Morgan fingerprint density at radius 3 is 2.26 bits per heavy atom. The molecule has 0 spiro atoms. The zero-order valence-corrected chi connectivity index (χ0v) is 20.6. The Balaban J connectivity index is 3.09. The number of rotatable bonds is 10. The van der Waals surface area contributed by atoms with E-state index in [9.17, 15) is 19.5 Å². The Bertz CT molecular complexity index is 659. The molecule has 1 fully saturated rings. The molecule has 1 rings (SSSR count). The van der Waals surface area contributed by atoms with Gasteiger partial charge in [0.25, 0.3) is 0 Å². The summed E-state index contributed by atoms with van der Waals surface area (Å²) in [6, 6.07) is -0.953. The van der Waals surface area contributed by atoms with Crippen molar-refractivity contribution in [1.29, 1.82) is 0 Å². The van der Waals surface area contributed by atoms with Crippen LogP contribution in [0.15, 0.2) is 11.6 Å². The second-order valence-corrected chi connectivity index (χ2v) is 9.55. The highest BCUT2D eigenvalue weighted by Crippen LogP contribution is 2.22. The van der Waals surface area contributed by atoms with Crippen molar-refractivity contribution in [1.82, 2.24) is 15.1 Å². The van der Waals surface area contributed by atoms with Gasteiger partial charge in [0, 0.05) is 18.7 Å². The van der Waals surface area contributed by atoms with Crippen molar-refractivity contribution in [2.75, 3.05) is 13.6 Å². The fourth-order valence-electron chi connectivity index (χ4n) is 4.21. The minimum atomic E-state index is -0.992. The second-order valence-electron chi connectivity index (χ2n) is 9.55. The fourth-order valence-corrected chi connectivity index (χ4v) is 4.21. The highest BCUT2D eigenvalue weighted by Gasteiger charge is 2.36. The minimum absolute atomic E-state index is 0.0848. The van der Waals surface area contributed by atoms with Gasteiger partial charge in [-0.2, -0.15) is 0 Å². The molecular weight excluding hydrogens is 394 g/mol. The molecule has 1 saturated heterocycles. The number of carbonyl (C=O) groups is 3. The smallest absolute Gasteiger partial charge is 0.331 e. The molecule has 31 heavy (non-hydrogen) atoms. The lowest BCUT2D eigenvalue weighted by molar-refractivity contribution is -0.140. The van der Waals surface area contributed by atoms with Crippen LogP contribution in [0.1, 0.15) is 74.1 Å². The molecule has 1 heterocycles. The third-order valence-corrected chi connectivity index (χ3v) is 6.52. The number of nitrogens with one attached hydrogen (secondary N) is 1. The van der Waals surface area contributed by atoms with Crippen molar-refractivity contribution in [3.8, 4) is 0 Å². The van der Waals surface area contributed by atoms with Crippen LogP contribution in [0, 0.1) is 11.8 Å². The quantitative estimate of drug-likeness (QED) is 0.512. The number of nitrogens with zero attached hydrogens (tertiary/aromatic N) is 2. The average molecular weight is 438 g/mol. The molecule has 4 atom stereocenters. The summed E-state index contributed by atoms with van der Waals surface area (Å²) in [5, 5.41) is 12.3. The van der Waals surface area contributed by atoms with Gasteiger partial charge in [-0.05, 0) is 52.0 Å². The van der Waals surface area contributed by atoms with Crippen LogP contribution < -0.4 is 5.32 Å². The van der Waals surface area contributed by atoms with E-state index in [-0.39, 0.29) is 47.3 Å². The van der Waals surface area contributed by atoms with Gasteiger partial charge < -0.3 is 15.3 Å². The van der Waals surface area contributed by atoms with Gasteiger partial charge in [-0.15, -0.1) is 0 Å². The van der Waals surface area contributed by atoms with Gasteiger partial charge >= 0.3 is 5.97 Å². The highest BCUT2D eigenvalue weighted by molar-refractivity contribution is 5.90. The van der Waals surface area contributed by atoms with Crippen LogP contribution in [-0.2, 0) is 14.4 Å². The number of hydrogen-bond donors (Lipinski definition) is 2. The number of likely N-dealkylation sites (N-methyl/N-ethyl adjacent to an activating group) is 1. The molecule has 1 unspecified atom stereocenters. The van der Waals surface area contributed by atoms with E-state index in [1.165, 1.54) is 0 Å². The number of carboxylic acid groups (broad SMARTS) is 1. The van der Waals surface area contributed by atoms with Gasteiger partial charge in [0.15, 0.2) is 0 Å². The van der Waals surface area contributed by atoms with Gasteiger partial charge in [0.1, 0.15) is 6.04 Å². The van der Waals surface area contributed by atoms with Crippen LogP contribution >= 0.6 is 0 Å². The lowest BCUT2D eigenvalue weighted by Crippen LogP contribution is -2.58. The summed E-state index contributed by atoms with van der Waals surface area (Å²) in [6.45, 7) is 14.5. The van der Waals surface area contributed by atoms with Crippen LogP contribution in [0.25, 0.3) is 0 Å². The average Bonchev–Trinajstić information content (AvgIpc) is 2.73. The lowest BCUT2D eigenvalue weighted by Gasteiger charge is -2.39. The standard InChI is InChI=1S/C24H43N3O4/c1-9-17(6)20(14-18(7)24(30)31)26(8)23(29)21(15(2)3)25-22(28)19-12-10-11-13-27(19)16(4)5/h14-17,19-21H,9-13H2,1-8H3,(H,25,28)(H,30,31)/b18-14+/t17-,19?,20+,21-/m0/s1. The van der Waals surface area contributed by atoms with E-state index in [1.807, 2.05) is 27.7 Å². The minimum Gasteiger partial charge on any atom is -0.478 e. The van der Waals surface area contributed by atoms with Gasteiger partial charge in [-0.25, -0.2) is 4.79 Å². The van der Waals surface area contributed by atoms with E-state index >= 15 is 0 Å². The zero-order valence-electron chi connectivity index (χ0n) is 20.6. The number of aliphatic carboxylic acids is 1. The Hall–Kier alpha value is -1.89. The fraction of sp³-hybridized carbons (Fsp3) is 0.792. The summed E-state index contributed by atoms with van der Waals surface area (Å²) < 4.78 is 0. The lowest BCUT2D eigenvalue weighted by atomic mass is 9.93. The van der Waals surface area contributed by atoms with Crippen molar-refractivity contribution >= 4 is 17.8 Å². The molecule has 7 nitrogen and oxygen atoms in total. The van der Waals surface area contributed by atoms with Gasteiger partial charge in [0.05, 0.1) is 12.1 Å². The molecule has 1 aliphatic rings. The summed E-state index contributed by atoms with van der Waals surface area (Å²) in [4.78, 5) is 41.8. The summed E-state index contributed by atoms with van der Waals surface area (Å²) >= 11 is 0. The summed E-state index contributed by atoms with van der Waals surface area (Å²) in [5.74, 6) is -1.27. The normalized spacial score (nSPS) is 21.0. The highest BCUT2D eigenvalue weighted by atomic mass is 16.4. The van der Waals surface area contributed by atoms with Gasteiger partial charge in [-0.1, -0.05) is 46.6 Å². The monoisotopic (exact) mass is 437 g/mol. The first-order valence-electron chi connectivity index (χ1n) is 11.7. The summed E-state index contributed by atoms with van der Waals surface area (Å²) in [6.07, 6.45) is 5.35. The molecule has 0 aromatic carbocycles. The molecule has 0 radical (unpaired) electrons. The van der Waals surface area contributed by atoms with Crippen molar-refractivity contribution in [2.45, 2.75) is 98.3 Å². The van der Waals surface area contributed by atoms with Gasteiger partial charge in [0.2, 0.25) is 11.8 Å². The predicted molar refractivity (Wildman–Crippen MR) is 124 cm³/mol. The predicted octanol–water partition coefficient (Wildman–Crippen LogP) is 3.29. The number of amides is 2. The SMILES string of the molecule is CC[C@H](C)[C@@H](/C=C(\C)C(=O)O)N(C)C(=O)[C@@H](NC(=O)C1CCCCN1C(C)C)C(C)C. The molecule has 2 N–H and O–H groups in total. The summed E-state index contributed by atoms with van der Waals surface area (Å²) in [7, 11) is 1.70. The molecular formula is C24H43N3O4. The number of carboxylic acids is 1. The Morgan fingerprint density at radius 2 is 1.77 bits per heavy atom. The molecule has 7 heteroatoms. The molecule has 2 amide bonds. The molecule has 0 aromatic heterocycles. The third kappa shape index (κ3) is 7.34. The Kier molecular flexibility index (Phi) is 10.7. The third-order valence-electron chi connectivity index (χ3n) is 6.52. The van der Waals surface area contributed by atoms with E-state index in [4.69, 9.17) is 0 Å². The molecule has 0 saturated carbocycles. The van der Waals surface area contributed by atoms with Crippen LogP contribution in [-0.4, -0.2) is 70.4 Å². The number of hydrogen-bond acceptors (Lipinski definition) is 4. The van der Waals surface area contributed by atoms with E-state index < -0.39 is 12.0 Å². The molecule has 0 aliphatic carbocycles. The number of carbonyl (C=O) groups excluding carboxylic acids is 2. The van der Waals surface area contributed by atoms with Crippen LogP contribution in [0.3, 0.4) is 0 Å². The maximum absolute atomic E-state index is 13.5. The van der Waals surface area contributed by atoms with E-state index in [0.29, 0.717) is 0 Å². The van der Waals surface area contributed by atoms with Crippen LogP contribution in [0.5, 0.6) is 0 Å². The Labute approximate surface area is 188 Å². The number of likely N-dealkylation sites (tertiary alicyclic amines) is 1. The van der Waals surface area contributed by atoms with E-state index in [1.54, 1.807) is 24.9 Å². The topological polar surface area (TPSA) is 90.0 Å². The molecule has 0 bridgehead atoms. The van der Waals surface area contributed by atoms with Crippen molar-refractivity contribution in [2.24, 2.45) is 11.8 Å². The molecule has 178 valence electrons. The summed E-state index contributed by atoms with van der Waals surface area (Å²) in [5.41, 5.74) is 0.213. The molecule has 0 aromatic rings. The first kappa shape index (κ1) is 27.1. The first-order chi connectivity index (χ1) is 14.4. The largest absolute Gasteiger partial charge is 0.478 e. The van der Waals surface area contributed by atoms with E-state index in [0.717, 1.165) is 32.2 Å². The van der Waals surface area contributed by atoms with E-state index in [2.05, 4.69) is 24.1 Å². The van der Waals surface area contributed by atoms with Crippen LogP contribution in [0.4, 0.5) is 0 Å². The number of piperidine rings is 1. The van der Waals surface area contributed by atoms with Crippen molar-refractivity contribution < 1.29 is 19.5 Å². The second kappa shape index (κ2) is 12.2. The van der Waals surface area contributed by atoms with Crippen LogP contribution in [0.2, 0.25) is 0 Å². The maximum atomic E-state index is 13.5. The maximum Gasteiger partial charge on any atom is 0.331 e. The first-order valence-corrected chi connectivity index (χ1v) is 11.7. The Morgan fingerprint density at radius 1 is 1.16 bits per heavy atom. The zero-order chi connectivity index (χ0) is 23.9. The molecule has 1 aliphatic heterocycles. The van der Waals surface area contributed by atoms with Crippen molar-refractivity contribution in [3.63, 3.8) is 0 Å². The van der Waals surface area contributed by atoms with Gasteiger partial charge in [-0.3, -0.25) is 14.5 Å². The van der Waals surface area contributed by atoms with Crippen molar-refractivity contribution in [3.05, 3.63) is 11.6 Å².